The molecule has 0 saturated carbocycles. The Morgan fingerprint density at radius 2 is 2.28 bits per heavy atom. The summed E-state index contributed by atoms with van der Waals surface area (Å²) < 4.78 is 1.60. The van der Waals surface area contributed by atoms with Crippen molar-refractivity contribution in [2.24, 2.45) is 13.0 Å². The van der Waals surface area contributed by atoms with Crippen molar-refractivity contribution >= 4 is 11.8 Å². The summed E-state index contributed by atoms with van der Waals surface area (Å²) in [4.78, 5) is 25.5. The lowest BCUT2D eigenvalue weighted by molar-refractivity contribution is -0.125. The molecule has 0 bridgehead atoms. The highest BCUT2D eigenvalue weighted by molar-refractivity contribution is 5.92. The van der Waals surface area contributed by atoms with Crippen LogP contribution >= 0.6 is 0 Å². The number of carbonyl (C=O) groups excluding carboxylic acids is 2. The zero-order valence-electron chi connectivity index (χ0n) is 10.7. The first-order valence-electron chi connectivity index (χ1n) is 6.12. The van der Waals surface area contributed by atoms with Gasteiger partial charge in [0.25, 0.3) is 5.91 Å². The first-order valence-corrected chi connectivity index (χ1v) is 6.12. The molecule has 1 aromatic heterocycles. The maximum atomic E-state index is 12.2. The summed E-state index contributed by atoms with van der Waals surface area (Å²) in [6, 6.07) is 1.70. The molecule has 6 nitrogen and oxygen atoms in total. The van der Waals surface area contributed by atoms with Crippen molar-refractivity contribution in [3.05, 3.63) is 18.0 Å². The number of aromatic nitrogens is 2. The van der Waals surface area contributed by atoms with Crippen molar-refractivity contribution < 1.29 is 9.59 Å². The third-order valence-electron chi connectivity index (χ3n) is 3.26. The Labute approximate surface area is 106 Å². The van der Waals surface area contributed by atoms with Crippen LogP contribution < -0.4 is 5.32 Å². The Morgan fingerprint density at radius 1 is 1.50 bits per heavy atom. The van der Waals surface area contributed by atoms with E-state index in [0.717, 1.165) is 12.8 Å². The van der Waals surface area contributed by atoms with E-state index in [-0.39, 0.29) is 17.7 Å². The lowest BCUT2D eigenvalue weighted by Crippen LogP contribution is -2.44. The molecule has 1 unspecified atom stereocenters. The van der Waals surface area contributed by atoms with E-state index in [1.807, 2.05) is 0 Å². The third-order valence-corrected chi connectivity index (χ3v) is 3.26. The molecular weight excluding hydrogens is 232 g/mol. The minimum absolute atomic E-state index is 0.00789. The molecule has 1 atom stereocenters. The van der Waals surface area contributed by atoms with Gasteiger partial charge < -0.3 is 10.2 Å². The van der Waals surface area contributed by atoms with E-state index in [1.165, 1.54) is 0 Å². The quantitative estimate of drug-likeness (QED) is 0.804. The van der Waals surface area contributed by atoms with Crippen LogP contribution in [-0.4, -0.2) is 46.6 Å². The van der Waals surface area contributed by atoms with E-state index >= 15 is 0 Å². The summed E-state index contributed by atoms with van der Waals surface area (Å²) in [5.74, 6) is -0.186. The summed E-state index contributed by atoms with van der Waals surface area (Å²) in [5, 5.41) is 6.74. The van der Waals surface area contributed by atoms with Gasteiger partial charge in [0.05, 0.1) is 5.92 Å². The number of aryl methyl sites for hydroxylation is 1. The van der Waals surface area contributed by atoms with Crippen molar-refractivity contribution in [3.63, 3.8) is 0 Å². The average Bonchev–Trinajstić information content (AvgIpc) is 2.83. The highest BCUT2D eigenvalue weighted by Crippen LogP contribution is 2.18. The number of nitrogens with one attached hydrogen (secondary N) is 1. The van der Waals surface area contributed by atoms with Crippen LogP contribution in [0.3, 0.4) is 0 Å². The molecular formula is C12H18N4O2. The molecule has 2 rings (SSSR count). The summed E-state index contributed by atoms with van der Waals surface area (Å²) in [6.45, 7) is 1.18. The number of rotatable bonds is 2. The Balaban J connectivity index is 2.05. The Bertz CT molecular complexity index is 455. The fourth-order valence-corrected chi connectivity index (χ4v) is 2.27. The molecule has 1 saturated heterocycles. The zero-order valence-corrected chi connectivity index (χ0v) is 10.7. The lowest BCUT2D eigenvalue weighted by atomic mass is 9.97. The molecule has 1 N–H and O–H groups in total. The maximum Gasteiger partial charge on any atom is 0.274 e. The van der Waals surface area contributed by atoms with Crippen LogP contribution in [0.4, 0.5) is 0 Å². The van der Waals surface area contributed by atoms with Crippen molar-refractivity contribution in [2.75, 3.05) is 20.1 Å². The van der Waals surface area contributed by atoms with E-state index in [9.17, 15) is 9.59 Å². The molecule has 98 valence electrons. The molecule has 2 heterocycles. The number of carbonyl (C=O) groups is 2. The zero-order chi connectivity index (χ0) is 13.1. The molecule has 1 aliphatic rings. The number of amides is 2. The van der Waals surface area contributed by atoms with Gasteiger partial charge in [0, 0.05) is 33.4 Å². The standard InChI is InChI=1S/C12H18N4O2/c1-13-11(17)9-4-3-6-16(8-9)12(18)10-5-7-15(2)14-10/h5,7,9H,3-4,6,8H2,1-2H3,(H,13,17). The monoisotopic (exact) mass is 250 g/mol. The molecule has 0 radical (unpaired) electrons. The van der Waals surface area contributed by atoms with Crippen LogP contribution in [0.2, 0.25) is 0 Å². The maximum absolute atomic E-state index is 12.2. The predicted molar refractivity (Wildman–Crippen MR) is 65.9 cm³/mol. The molecule has 0 spiro atoms. The molecule has 18 heavy (non-hydrogen) atoms. The predicted octanol–water partition coefficient (Wildman–Crippen LogP) is 0.0183. The molecule has 6 heteroatoms. The fourth-order valence-electron chi connectivity index (χ4n) is 2.27. The van der Waals surface area contributed by atoms with Crippen LogP contribution in [-0.2, 0) is 11.8 Å². The summed E-state index contributed by atoms with van der Waals surface area (Å²) in [5.41, 5.74) is 0.440. The van der Waals surface area contributed by atoms with Crippen molar-refractivity contribution in [3.8, 4) is 0 Å². The Kier molecular flexibility index (Phi) is 3.64. The second kappa shape index (κ2) is 5.20. The molecule has 0 aliphatic carbocycles. The van der Waals surface area contributed by atoms with Crippen molar-refractivity contribution in [2.45, 2.75) is 12.8 Å². The van der Waals surface area contributed by atoms with Gasteiger partial charge in [-0.25, -0.2) is 0 Å². The summed E-state index contributed by atoms with van der Waals surface area (Å²) >= 11 is 0. The summed E-state index contributed by atoms with van der Waals surface area (Å²) in [7, 11) is 3.40. The normalized spacial score (nSPS) is 19.7. The Morgan fingerprint density at radius 3 is 2.89 bits per heavy atom. The van der Waals surface area contributed by atoms with Gasteiger partial charge in [-0.2, -0.15) is 5.10 Å². The molecule has 1 fully saturated rings. The second-order valence-electron chi connectivity index (χ2n) is 4.58. The second-order valence-corrected chi connectivity index (χ2v) is 4.58. The van der Waals surface area contributed by atoms with Gasteiger partial charge in [-0.05, 0) is 18.9 Å². The van der Waals surface area contributed by atoms with Crippen LogP contribution in [0, 0.1) is 5.92 Å². The summed E-state index contributed by atoms with van der Waals surface area (Å²) in [6.07, 6.45) is 3.44. The van der Waals surface area contributed by atoms with Crippen molar-refractivity contribution in [1.29, 1.82) is 0 Å². The highest BCUT2D eigenvalue weighted by Gasteiger charge is 2.29. The lowest BCUT2D eigenvalue weighted by Gasteiger charge is -2.31. The van der Waals surface area contributed by atoms with Gasteiger partial charge in [0.2, 0.25) is 5.91 Å². The Hall–Kier alpha value is -1.85. The van der Waals surface area contributed by atoms with Gasteiger partial charge in [-0.3, -0.25) is 14.3 Å². The number of likely N-dealkylation sites (tertiary alicyclic amines) is 1. The van der Waals surface area contributed by atoms with Gasteiger partial charge in [0.15, 0.2) is 0 Å². The fraction of sp³-hybridized carbons (Fsp3) is 0.583. The smallest absolute Gasteiger partial charge is 0.274 e. The van der Waals surface area contributed by atoms with Gasteiger partial charge in [0.1, 0.15) is 5.69 Å². The number of hydrogen-bond donors (Lipinski definition) is 1. The molecule has 1 aliphatic heterocycles. The number of piperidine rings is 1. The minimum Gasteiger partial charge on any atom is -0.359 e. The van der Waals surface area contributed by atoms with Gasteiger partial charge >= 0.3 is 0 Å². The SMILES string of the molecule is CNC(=O)C1CCCN(C(=O)c2ccn(C)n2)C1. The van der Waals surface area contributed by atoms with Crippen LogP contribution in [0.15, 0.2) is 12.3 Å². The van der Waals surface area contributed by atoms with E-state index in [0.29, 0.717) is 18.8 Å². The van der Waals surface area contributed by atoms with E-state index in [4.69, 9.17) is 0 Å². The topological polar surface area (TPSA) is 67.2 Å². The van der Waals surface area contributed by atoms with E-state index in [2.05, 4.69) is 10.4 Å². The van der Waals surface area contributed by atoms with Gasteiger partial charge in [-0.1, -0.05) is 0 Å². The van der Waals surface area contributed by atoms with Crippen LogP contribution in [0.25, 0.3) is 0 Å². The van der Waals surface area contributed by atoms with E-state index in [1.54, 1.807) is 35.9 Å². The largest absolute Gasteiger partial charge is 0.359 e. The number of hydrogen-bond acceptors (Lipinski definition) is 3. The first-order chi connectivity index (χ1) is 8.61. The third kappa shape index (κ3) is 2.52. The first kappa shape index (κ1) is 12.6. The average molecular weight is 250 g/mol. The molecule has 1 aromatic rings. The highest BCUT2D eigenvalue weighted by atomic mass is 16.2. The van der Waals surface area contributed by atoms with E-state index < -0.39 is 0 Å². The minimum atomic E-state index is -0.101. The van der Waals surface area contributed by atoms with Crippen LogP contribution in [0.1, 0.15) is 23.3 Å². The van der Waals surface area contributed by atoms with Crippen molar-refractivity contribution in [1.82, 2.24) is 20.0 Å². The molecule has 2 amide bonds. The number of nitrogens with zero attached hydrogens (tertiary/aromatic N) is 3. The van der Waals surface area contributed by atoms with Crippen LogP contribution in [0.5, 0.6) is 0 Å². The van der Waals surface area contributed by atoms with Gasteiger partial charge in [-0.15, -0.1) is 0 Å². The molecule has 0 aromatic carbocycles.